The summed E-state index contributed by atoms with van der Waals surface area (Å²) in [6.45, 7) is 1.85. The van der Waals surface area contributed by atoms with Gasteiger partial charge in [-0.3, -0.25) is 4.98 Å². The first-order valence-electron chi connectivity index (χ1n) is 8.36. The Morgan fingerprint density at radius 1 is 1.00 bits per heavy atom. The van der Waals surface area contributed by atoms with Crippen molar-refractivity contribution in [2.75, 3.05) is 10.6 Å². The van der Waals surface area contributed by atoms with Gasteiger partial charge in [-0.05, 0) is 55.5 Å². The van der Waals surface area contributed by atoms with Crippen molar-refractivity contribution >= 4 is 29.0 Å². The average Bonchev–Trinajstić information content (AvgIpc) is 2.64. The van der Waals surface area contributed by atoms with Crippen LogP contribution in [0.5, 0.6) is 11.5 Å². The summed E-state index contributed by atoms with van der Waals surface area (Å²) >= 11 is 5.83. The van der Waals surface area contributed by atoms with E-state index in [0.29, 0.717) is 17.2 Å². The molecule has 2 amide bonds. The number of hydrogen-bond donors (Lipinski definition) is 2. The monoisotopic (exact) mass is 421 g/mol. The van der Waals surface area contributed by atoms with Gasteiger partial charge >= 0.3 is 12.2 Å². The molecule has 1 aromatic heterocycles. The van der Waals surface area contributed by atoms with Crippen LogP contribution < -0.4 is 15.4 Å². The number of carbonyl (C=O) groups is 1. The fourth-order valence-electron chi connectivity index (χ4n) is 2.40. The van der Waals surface area contributed by atoms with Gasteiger partial charge in [0.15, 0.2) is 0 Å². The highest BCUT2D eigenvalue weighted by Crippen LogP contribution is 2.33. The van der Waals surface area contributed by atoms with Crippen LogP contribution in [0.1, 0.15) is 11.3 Å². The van der Waals surface area contributed by atoms with Crippen LogP contribution >= 0.6 is 11.6 Å². The second-order valence-electron chi connectivity index (χ2n) is 6.03. The number of amides is 2. The molecule has 0 radical (unpaired) electrons. The molecule has 0 aliphatic heterocycles. The maximum absolute atomic E-state index is 12.7. The Balaban J connectivity index is 1.61. The number of aromatic nitrogens is 1. The summed E-state index contributed by atoms with van der Waals surface area (Å²) in [6, 6.07) is 12.1. The third-order valence-electron chi connectivity index (χ3n) is 3.76. The number of halogens is 4. The first-order chi connectivity index (χ1) is 13.7. The first kappa shape index (κ1) is 20.5. The van der Waals surface area contributed by atoms with Crippen molar-refractivity contribution in [3.8, 4) is 11.5 Å². The molecule has 5 nitrogen and oxygen atoms in total. The third kappa shape index (κ3) is 5.61. The molecular formula is C20H15ClF3N3O2. The van der Waals surface area contributed by atoms with E-state index in [-0.39, 0.29) is 10.7 Å². The summed E-state index contributed by atoms with van der Waals surface area (Å²) in [5.74, 6) is 1.19. The Morgan fingerprint density at radius 3 is 2.34 bits per heavy atom. The lowest BCUT2D eigenvalue weighted by Gasteiger charge is -2.12. The molecular weight excluding hydrogens is 407 g/mol. The smallest absolute Gasteiger partial charge is 0.416 e. The van der Waals surface area contributed by atoms with E-state index >= 15 is 0 Å². The summed E-state index contributed by atoms with van der Waals surface area (Å²) in [6.07, 6.45) is -2.87. The molecule has 0 aliphatic rings. The number of nitrogens with zero attached hydrogens (tertiary/aromatic N) is 1. The highest BCUT2D eigenvalue weighted by atomic mass is 35.5. The number of pyridine rings is 1. The molecule has 3 aromatic rings. The van der Waals surface area contributed by atoms with Crippen molar-refractivity contribution in [3.63, 3.8) is 0 Å². The minimum absolute atomic E-state index is 0.0603. The number of benzene rings is 2. The normalized spacial score (nSPS) is 11.1. The van der Waals surface area contributed by atoms with Gasteiger partial charge in [-0.2, -0.15) is 13.2 Å². The predicted molar refractivity (Wildman–Crippen MR) is 105 cm³/mol. The second-order valence-corrected chi connectivity index (χ2v) is 6.44. The van der Waals surface area contributed by atoms with Crippen molar-refractivity contribution in [1.29, 1.82) is 0 Å². The molecule has 9 heteroatoms. The molecule has 2 aromatic carbocycles. The molecule has 0 aliphatic carbocycles. The number of rotatable bonds is 4. The average molecular weight is 422 g/mol. The van der Waals surface area contributed by atoms with Gasteiger partial charge in [0.25, 0.3) is 0 Å². The number of hydrogen-bond acceptors (Lipinski definition) is 3. The number of nitrogens with one attached hydrogen (secondary N) is 2. The van der Waals surface area contributed by atoms with Crippen molar-refractivity contribution in [2.45, 2.75) is 13.1 Å². The highest BCUT2D eigenvalue weighted by Gasteiger charge is 2.31. The number of aryl methyl sites for hydroxylation is 1. The molecule has 0 spiro atoms. The van der Waals surface area contributed by atoms with Crippen molar-refractivity contribution in [1.82, 2.24) is 4.98 Å². The Hall–Kier alpha value is -3.26. The van der Waals surface area contributed by atoms with Crippen LogP contribution in [-0.4, -0.2) is 11.0 Å². The van der Waals surface area contributed by atoms with Crippen LogP contribution in [0.3, 0.4) is 0 Å². The standard InChI is InChI=1S/C20H15ClF3N3O2/c1-12-10-16(8-9-25-12)29-15-5-3-14(4-6-15)26-19(28)27-18-7-2-13(11-17(18)21)20(22,23)24/h2-11H,1H3,(H2,26,27,28). The minimum atomic E-state index is -4.51. The second kappa shape index (κ2) is 8.40. The van der Waals surface area contributed by atoms with Crippen LogP contribution in [0.15, 0.2) is 60.8 Å². The molecule has 0 unspecified atom stereocenters. The van der Waals surface area contributed by atoms with Gasteiger partial charge in [0.1, 0.15) is 11.5 Å². The van der Waals surface area contributed by atoms with Crippen LogP contribution in [0.25, 0.3) is 0 Å². The zero-order valence-electron chi connectivity index (χ0n) is 15.0. The number of ether oxygens (including phenoxy) is 1. The van der Waals surface area contributed by atoms with Crippen LogP contribution in [0.2, 0.25) is 5.02 Å². The van der Waals surface area contributed by atoms with Gasteiger partial charge in [-0.25, -0.2) is 4.79 Å². The molecule has 0 saturated heterocycles. The van der Waals surface area contributed by atoms with Crippen LogP contribution in [0, 0.1) is 6.92 Å². The number of urea groups is 1. The van der Waals surface area contributed by atoms with Crippen LogP contribution in [-0.2, 0) is 6.18 Å². The molecule has 0 atom stereocenters. The Labute approximate surface area is 169 Å². The maximum Gasteiger partial charge on any atom is 0.416 e. The van der Waals surface area contributed by atoms with E-state index in [4.69, 9.17) is 16.3 Å². The van der Waals surface area contributed by atoms with E-state index in [1.165, 1.54) is 0 Å². The lowest BCUT2D eigenvalue weighted by atomic mass is 10.2. The first-order valence-corrected chi connectivity index (χ1v) is 8.74. The van der Waals surface area contributed by atoms with E-state index in [1.807, 2.05) is 6.92 Å². The number of carbonyl (C=O) groups excluding carboxylic acids is 1. The van der Waals surface area contributed by atoms with Gasteiger partial charge in [-0.15, -0.1) is 0 Å². The molecule has 1 heterocycles. The summed E-state index contributed by atoms with van der Waals surface area (Å²) in [5, 5.41) is 4.76. The zero-order valence-corrected chi connectivity index (χ0v) is 15.8. The minimum Gasteiger partial charge on any atom is -0.457 e. The van der Waals surface area contributed by atoms with Gasteiger partial charge in [0, 0.05) is 23.6 Å². The lowest BCUT2D eigenvalue weighted by Crippen LogP contribution is -2.19. The summed E-state index contributed by atoms with van der Waals surface area (Å²) in [7, 11) is 0. The SMILES string of the molecule is Cc1cc(Oc2ccc(NC(=O)Nc3ccc(C(F)(F)F)cc3Cl)cc2)ccn1. The van der Waals surface area contributed by atoms with Crippen molar-refractivity contribution in [3.05, 3.63) is 77.1 Å². The number of anilines is 2. The molecule has 29 heavy (non-hydrogen) atoms. The van der Waals surface area contributed by atoms with Crippen LogP contribution in [0.4, 0.5) is 29.3 Å². The molecule has 0 fully saturated rings. The zero-order chi connectivity index (χ0) is 21.0. The fourth-order valence-corrected chi connectivity index (χ4v) is 2.63. The lowest BCUT2D eigenvalue weighted by molar-refractivity contribution is -0.137. The molecule has 0 bridgehead atoms. The maximum atomic E-state index is 12.7. The van der Waals surface area contributed by atoms with Gasteiger partial charge in [0.2, 0.25) is 0 Å². The van der Waals surface area contributed by atoms with E-state index in [0.717, 1.165) is 23.9 Å². The van der Waals surface area contributed by atoms with E-state index < -0.39 is 17.8 Å². The molecule has 0 saturated carbocycles. The molecule has 150 valence electrons. The van der Waals surface area contributed by atoms with E-state index in [9.17, 15) is 18.0 Å². The van der Waals surface area contributed by atoms with E-state index in [2.05, 4.69) is 15.6 Å². The predicted octanol–water partition coefficient (Wildman–Crippen LogP) is 6.50. The van der Waals surface area contributed by atoms with Crippen molar-refractivity contribution < 1.29 is 22.7 Å². The summed E-state index contributed by atoms with van der Waals surface area (Å²) < 4.78 is 43.7. The fraction of sp³-hybridized carbons (Fsp3) is 0.100. The number of alkyl halides is 3. The molecule has 3 rings (SSSR count). The third-order valence-corrected chi connectivity index (χ3v) is 4.07. The van der Waals surface area contributed by atoms with Gasteiger partial charge in [-0.1, -0.05) is 11.6 Å². The summed E-state index contributed by atoms with van der Waals surface area (Å²) in [4.78, 5) is 16.2. The van der Waals surface area contributed by atoms with Gasteiger partial charge in [0.05, 0.1) is 16.3 Å². The largest absolute Gasteiger partial charge is 0.457 e. The highest BCUT2D eigenvalue weighted by molar-refractivity contribution is 6.33. The Bertz CT molecular complexity index is 1020. The van der Waals surface area contributed by atoms with Gasteiger partial charge < -0.3 is 15.4 Å². The van der Waals surface area contributed by atoms with Crippen molar-refractivity contribution in [2.24, 2.45) is 0 Å². The molecule has 2 N–H and O–H groups in total. The Kier molecular flexibility index (Phi) is 5.93. The quantitative estimate of drug-likeness (QED) is 0.505. The van der Waals surface area contributed by atoms with E-state index in [1.54, 1.807) is 42.6 Å². The Morgan fingerprint density at radius 2 is 1.72 bits per heavy atom. The topological polar surface area (TPSA) is 63.2 Å². The summed E-state index contributed by atoms with van der Waals surface area (Å²) in [5.41, 5.74) is 0.446.